The van der Waals surface area contributed by atoms with Gasteiger partial charge in [-0.2, -0.15) is 0 Å². The molecule has 4 nitrogen and oxygen atoms in total. The SMILES string of the molecule is COc1csc(C(=O)NC2CCCCC2CO)c1. The first-order valence-electron chi connectivity index (χ1n) is 6.29. The number of carbonyl (C=O) groups is 1. The molecule has 1 aromatic heterocycles. The summed E-state index contributed by atoms with van der Waals surface area (Å²) in [5.41, 5.74) is 0. The number of carbonyl (C=O) groups excluding carboxylic acids is 1. The third-order valence-corrected chi connectivity index (χ3v) is 4.40. The molecule has 0 radical (unpaired) electrons. The van der Waals surface area contributed by atoms with Gasteiger partial charge in [-0.15, -0.1) is 11.3 Å². The average molecular weight is 269 g/mol. The van der Waals surface area contributed by atoms with Crippen LogP contribution in [0.2, 0.25) is 0 Å². The summed E-state index contributed by atoms with van der Waals surface area (Å²) in [6, 6.07) is 1.85. The monoisotopic (exact) mass is 269 g/mol. The Balaban J connectivity index is 1.97. The molecule has 0 aliphatic heterocycles. The molecule has 0 aromatic carbocycles. The molecular formula is C13H19NO3S. The summed E-state index contributed by atoms with van der Waals surface area (Å²) in [6.45, 7) is 0.151. The molecule has 1 saturated carbocycles. The molecule has 1 aromatic rings. The number of hydrogen-bond donors (Lipinski definition) is 2. The number of thiophene rings is 1. The predicted octanol–water partition coefficient (Wildman–Crippen LogP) is 2.04. The molecule has 2 atom stereocenters. The highest BCUT2D eigenvalue weighted by atomic mass is 32.1. The van der Waals surface area contributed by atoms with Gasteiger partial charge in [-0.25, -0.2) is 0 Å². The summed E-state index contributed by atoms with van der Waals surface area (Å²) >= 11 is 1.38. The van der Waals surface area contributed by atoms with Crippen LogP contribution in [0.1, 0.15) is 35.4 Å². The van der Waals surface area contributed by atoms with Crippen LogP contribution in [0.25, 0.3) is 0 Å². The number of amides is 1. The van der Waals surface area contributed by atoms with Gasteiger partial charge in [-0.05, 0) is 12.8 Å². The Kier molecular flexibility index (Phi) is 4.60. The van der Waals surface area contributed by atoms with E-state index in [2.05, 4.69) is 5.32 Å². The normalized spacial score (nSPS) is 23.7. The van der Waals surface area contributed by atoms with Gasteiger partial charge in [0.1, 0.15) is 5.75 Å². The molecule has 1 amide bonds. The second kappa shape index (κ2) is 6.20. The summed E-state index contributed by atoms with van der Waals surface area (Å²) in [5.74, 6) is 0.853. The van der Waals surface area contributed by atoms with E-state index in [4.69, 9.17) is 4.74 Å². The van der Waals surface area contributed by atoms with Gasteiger partial charge in [-0.1, -0.05) is 12.8 Å². The fourth-order valence-corrected chi connectivity index (χ4v) is 3.16. The molecule has 2 N–H and O–H groups in total. The van der Waals surface area contributed by atoms with Crippen LogP contribution in [-0.2, 0) is 0 Å². The highest BCUT2D eigenvalue weighted by Gasteiger charge is 2.26. The number of methoxy groups -OCH3 is 1. The van der Waals surface area contributed by atoms with Crippen molar-refractivity contribution >= 4 is 17.2 Å². The van der Waals surface area contributed by atoms with Crippen LogP contribution in [-0.4, -0.2) is 30.8 Å². The van der Waals surface area contributed by atoms with Crippen LogP contribution < -0.4 is 10.1 Å². The molecule has 18 heavy (non-hydrogen) atoms. The Morgan fingerprint density at radius 1 is 1.56 bits per heavy atom. The summed E-state index contributed by atoms with van der Waals surface area (Å²) in [4.78, 5) is 12.7. The van der Waals surface area contributed by atoms with E-state index < -0.39 is 0 Å². The van der Waals surface area contributed by atoms with Crippen molar-refractivity contribution in [2.75, 3.05) is 13.7 Å². The first kappa shape index (κ1) is 13.4. The number of rotatable bonds is 4. The predicted molar refractivity (Wildman–Crippen MR) is 71.2 cm³/mol. The maximum Gasteiger partial charge on any atom is 0.261 e. The summed E-state index contributed by atoms with van der Waals surface area (Å²) < 4.78 is 5.07. The van der Waals surface area contributed by atoms with Crippen LogP contribution in [0.15, 0.2) is 11.4 Å². The first-order chi connectivity index (χ1) is 8.74. The molecule has 0 bridgehead atoms. The summed E-state index contributed by atoms with van der Waals surface area (Å²) in [6.07, 6.45) is 4.22. The number of aliphatic hydroxyl groups excluding tert-OH is 1. The van der Waals surface area contributed by atoms with Crippen molar-refractivity contribution in [3.63, 3.8) is 0 Å². The zero-order valence-electron chi connectivity index (χ0n) is 10.5. The Labute approximate surface area is 111 Å². The maximum atomic E-state index is 12.1. The molecule has 1 aliphatic carbocycles. The van der Waals surface area contributed by atoms with Crippen LogP contribution in [0, 0.1) is 5.92 Å². The summed E-state index contributed by atoms with van der Waals surface area (Å²) in [5, 5.41) is 14.2. The zero-order valence-corrected chi connectivity index (χ0v) is 11.3. The average Bonchev–Trinajstić information content (AvgIpc) is 2.88. The first-order valence-corrected chi connectivity index (χ1v) is 7.16. The minimum absolute atomic E-state index is 0.0614. The Morgan fingerprint density at radius 2 is 2.33 bits per heavy atom. The lowest BCUT2D eigenvalue weighted by Crippen LogP contribution is -2.43. The van der Waals surface area contributed by atoms with Gasteiger partial charge in [0.05, 0.1) is 12.0 Å². The van der Waals surface area contributed by atoms with Crippen molar-refractivity contribution in [1.82, 2.24) is 5.32 Å². The third kappa shape index (κ3) is 3.03. The van der Waals surface area contributed by atoms with E-state index in [1.807, 2.05) is 5.38 Å². The molecule has 100 valence electrons. The lowest BCUT2D eigenvalue weighted by molar-refractivity contribution is 0.0876. The van der Waals surface area contributed by atoms with Gasteiger partial charge >= 0.3 is 0 Å². The standard InChI is InChI=1S/C13H19NO3S/c1-17-10-6-12(18-8-10)13(16)14-11-5-3-2-4-9(11)7-15/h6,8-9,11,15H,2-5,7H2,1H3,(H,14,16). The molecule has 2 rings (SSSR count). The molecule has 0 spiro atoms. The molecule has 2 unspecified atom stereocenters. The lowest BCUT2D eigenvalue weighted by atomic mass is 9.85. The lowest BCUT2D eigenvalue weighted by Gasteiger charge is -2.30. The van der Waals surface area contributed by atoms with E-state index in [9.17, 15) is 9.90 Å². The van der Waals surface area contributed by atoms with Crippen LogP contribution >= 0.6 is 11.3 Å². The van der Waals surface area contributed by atoms with E-state index in [1.54, 1.807) is 13.2 Å². The Hall–Kier alpha value is -1.07. The van der Waals surface area contributed by atoms with Crippen molar-refractivity contribution in [2.45, 2.75) is 31.7 Å². The quantitative estimate of drug-likeness (QED) is 0.879. The van der Waals surface area contributed by atoms with E-state index in [-0.39, 0.29) is 24.5 Å². The molecule has 0 saturated heterocycles. The van der Waals surface area contributed by atoms with Gasteiger partial charge in [0.25, 0.3) is 5.91 Å². The number of ether oxygens (including phenoxy) is 1. The second-order valence-corrected chi connectivity index (χ2v) is 5.57. The van der Waals surface area contributed by atoms with Crippen LogP contribution in [0.3, 0.4) is 0 Å². The number of aliphatic hydroxyl groups is 1. The van der Waals surface area contributed by atoms with Gasteiger partial charge in [-0.3, -0.25) is 4.79 Å². The molecule has 1 fully saturated rings. The Bertz CT molecular complexity index is 405. The van der Waals surface area contributed by atoms with Gasteiger partial charge < -0.3 is 15.2 Å². The fraction of sp³-hybridized carbons (Fsp3) is 0.615. The van der Waals surface area contributed by atoms with Crippen molar-refractivity contribution in [1.29, 1.82) is 0 Å². The number of nitrogens with one attached hydrogen (secondary N) is 1. The summed E-state index contributed by atoms with van der Waals surface area (Å²) in [7, 11) is 1.59. The molecule has 5 heteroatoms. The van der Waals surface area contributed by atoms with Gasteiger partial charge in [0.15, 0.2) is 0 Å². The van der Waals surface area contributed by atoms with Crippen molar-refractivity contribution in [2.24, 2.45) is 5.92 Å². The van der Waals surface area contributed by atoms with Crippen molar-refractivity contribution < 1.29 is 14.6 Å². The van der Waals surface area contributed by atoms with E-state index in [0.717, 1.165) is 25.7 Å². The largest absolute Gasteiger partial charge is 0.496 e. The van der Waals surface area contributed by atoms with Crippen LogP contribution in [0.5, 0.6) is 5.75 Å². The highest BCUT2D eigenvalue weighted by Crippen LogP contribution is 2.25. The van der Waals surface area contributed by atoms with E-state index in [0.29, 0.717) is 10.6 Å². The van der Waals surface area contributed by atoms with Crippen LogP contribution in [0.4, 0.5) is 0 Å². The highest BCUT2D eigenvalue weighted by molar-refractivity contribution is 7.12. The van der Waals surface area contributed by atoms with Gasteiger partial charge in [0.2, 0.25) is 0 Å². The fourth-order valence-electron chi connectivity index (χ4n) is 2.40. The van der Waals surface area contributed by atoms with E-state index >= 15 is 0 Å². The minimum atomic E-state index is -0.0614. The Morgan fingerprint density at radius 3 is 3.00 bits per heavy atom. The van der Waals surface area contributed by atoms with Gasteiger partial charge in [0, 0.05) is 30.0 Å². The van der Waals surface area contributed by atoms with E-state index in [1.165, 1.54) is 11.3 Å². The smallest absolute Gasteiger partial charge is 0.261 e. The van der Waals surface area contributed by atoms with Crippen molar-refractivity contribution in [3.8, 4) is 5.75 Å². The zero-order chi connectivity index (χ0) is 13.0. The molecular weight excluding hydrogens is 250 g/mol. The minimum Gasteiger partial charge on any atom is -0.496 e. The second-order valence-electron chi connectivity index (χ2n) is 4.66. The number of hydrogen-bond acceptors (Lipinski definition) is 4. The van der Waals surface area contributed by atoms with Crippen molar-refractivity contribution in [3.05, 3.63) is 16.3 Å². The maximum absolute atomic E-state index is 12.1. The topological polar surface area (TPSA) is 58.6 Å². The molecule has 1 heterocycles. The molecule has 1 aliphatic rings. The third-order valence-electron chi connectivity index (χ3n) is 3.49.